The number of hydrogen-bond donors (Lipinski definition) is 0. The van der Waals surface area contributed by atoms with Gasteiger partial charge in [0.05, 0.1) is 4.92 Å². The average Bonchev–Trinajstić information content (AvgIpc) is 2.87. The summed E-state index contributed by atoms with van der Waals surface area (Å²) in [7, 11) is 0. The molecule has 0 saturated heterocycles. The van der Waals surface area contributed by atoms with Gasteiger partial charge < -0.3 is 0 Å². The van der Waals surface area contributed by atoms with Crippen molar-refractivity contribution >= 4 is 33.3 Å². The third-order valence-electron chi connectivity index (χ3n) is 3.62. The van der Waals surface area contributed by atoms with Crippen molar-refractivity contribution in [3.63, 3.8) is 0 Å². The fourth-order valence-electron chi connectivity index (χ4n) is 2.69. The minimum Gasteiger partial charge on any atom is -0.281 e. The molecule has 6 heteroatoms. The highest BCUT2D eigenvalue weighted by molar-refractivity contribution is 5.99. The molecule has 3 aromatic heterocycles. The molecule has 1 aromatic carbocycles. The van der Waals surface area contributed by atoms with Crippen molar-refractivity contribution in [1.82, 2.24) is 14.4 Å². The predicted molar refractivity (Wildman–Crippen MR) is 79.4 cm³/mol. The van der Waals surface area contributed by atoms with Crippen LogP contribution >= 0.6 is 0 Å². The zero-order valence-corrected chi connectivity index (χ0v) is 11.1. The second-order valence-corrected chi connectivity index (χ2v) is 4.93. The highest BCUT2D eigenvalue weighted by Crippen LogP contribution is 2.28. The van der Waals surface area contributed by atoms with E-state index in [0.717, 1.165) is 27.6 Å². The Bertz CT molecular complexity index is 1040. The molecule has 6 nitrogen and oxygen atoms in total. The number of rotatable bonds is 1. The average molecular weight is 278 g/mol. The van der Waals surface area contributed by atoms with E-state index in [4.69, 9.17) is 0 Å². The normalized spacial score (nSPS) is 11.5. The van der Waals surface area contributed by atoms with Gasteiger partial charge in [0, 0.05) is 29.4 Å². The first-order chi connectivity index (χ1) is 10.1. The summed E-state index contributed by atoms with van der Waals surface area (Å²) in [6.07, 6.45) is 1.72. The summed E-state index contributed by atoms with van der Waals surface area (Å²) < 4.78 is 1.93. The van der Waals surface area contributed by atoms with Crippen LogP contribution in [0.3, 0.4) is 0 Å². The van der Waals surface area contributed by atoms with Gasteiger partial charge >= 0.3 is 0 Å². The van der Waals surface area contributed by atoms with Crippen LogP contribution in [0.1, 0.15) is 5.69 Å². The summed E-state index contributed by atoms with van der Waals surface area (Å²) in [5.41, 5.74) is 3.29. The van der Waals surface area contributed by atoms with Crippen LogP contribution in [0.4, 0.5) is 5.69 Å². The number of non-ortho nitro benzene ring substituents is 1. The largest absolute Gasteiger partial charge is 0.281 e. The predicted octanol–water partition coefficient (Wildman–Crippen LogP) is 3.25. The van der Waals surface area contributed by atoms with Gasteiger partial charge in [-0.2, -0.15) is 0 Å². The van der Waals surface area contributed by atoms with Crippen molar-refractivity contribution < 1.29 is 4.92 Å². The zero-order chi connectivity index (χ0) is 14.6. The lowest BCUT2D eigenvalue weighted by Crippen LogP contribution is -1.94. The molecule has 4 aromatic rings. The second kappa shape index (κ2) is 3.99. The smallest absolute Gasteiger partial charge is 0.270 e. The summed E-state index contributed by atoms with van der Waals surface area (Å²) >= 11 is 0. The van der Waals surface area contributed by atoms with Crippen LogP contribution in [0, 0.1) is 17.0 Å². The van der Waals surface area contributed by atoms with E-state index in [2.05, 4.69) is 9.97 Å². The molecular weight excluding hydrogens is 268 g/mol. The van der Waals surface area contributed by atoms with Gasteiger partial charge in [-0.1, -0.05) is 0 Å². The van der Waals surface area contributed by atoms with Crippen LogP contribution < -0.4 is 0 Å². The lowest BCUT2D eigenvalue weighted by Gasteiger charge is -2.05. The molecule has 0 amide bonds. The number of fused-ring (bicyclic) bond motifs is 5. The molecule has 0 aliphatic carbocycles. The van der Waals surface area contributed by atoms with Crippen LogP contribution in [0.5, 0.6) is 0 Å². The van der Waals surface area contributed by atoms with Gasteiger partial charge in [0.15, 0.2) is 5.65 Å². The SMILES string of the molecule is Cc1cc2ccc([N+](=O)[O-])cc2c2nc3cccnc3n12. The number of benzene rings is 1. The van der Waals surface area contributed by atoms with Crippen molar-refractivity contribution in [1.29, 1.82) is 0 Å². The molecule has 0 N–H and O–H groups in total. The van der Waals surface area contributed by atoms with E-state index in [1.54, 1.807) is 18.3 Å². The van der Waals surface area contributed by atoms with Gasteiger partial charge in [0.25, 0.3) is 5.69 Å². The summed E-state index contributed by atoms with van der Waals surface area (Å²) in [5.74, 6) is 0. The quantitative estimate of drug-likeness (QED) is 0.395. The van der Waals surface area contributed by atoms with Gasteiger partial charge in [-0.15, -0.1) is 0 Å². The number of aromatic nitrogens is 3. The lowest BCUT2D eigenvalue weighted by molar-refractivity contribution is -0.384. The second-order valence-electron chi connectivity index (χ2n) is 4.93. The Hall–Kier alpha value is -3.02. The highest BCUT2D eigenvalue weighted by Gasteiger charge is 2.14. The van der Waals surface area contributed by atoms with Crippen molar-refractivity contribution in [3.05, 3.63) is 58.4 Å². The van der Waals surface area contributed by atoms with E-state index in [9.17, 15) is 10.1 Å². The maximum atomic E-state index is 11.0. The molecule has 4 rings (SSSR count). The highest BCUT2D eigenvalue weighted by atomic mass is 16.6. The molecule has 21 heavy (non-hydrogen) atoms. The van der Waals surface area contributed by atoms with Crippen LogP contribution in [0.25, 0.3) is 27.6 Å². The van der Waals surface area contributed by atoms with Crippen LogP contribution in [-0.2, 0) is 0 Å². The van der Waals surface area contributed by atoms with Crippen molar-refractivity contribution in [2.24, 2.45) is 0 Å². The van der Waals surface area contributed by atoms with Gasteiger partial charge in [-0.3, -0.25) is 14.5 Å². The zero-order valence-electron chi connectivity index (χ0n) is 11.1. The van der Waals surface area contributed by atoms with Crippen molar-refractivity contribution in [3.8, 4) is 0 Å². The number of pyridine rings is 2. The molecule has 0 spiro atoms. The van der Waals surface area contributed by atoms with Gasteiger partial charge in [0.1, 0.15) is 11.2 Å². The molecule has 3 heterocycles. The van der Waals surface area contributed by atoms with Crippen molar-refractivity contribution in [2.75, 3.05) is 0 Å². The summed E-state index contributed by atoms with van der Waals surface area (Å²) in [6, 6.07) is 10.5. The maximum absolute atomic E-state index is 11.0. The molecule has 0 aliphatic rings. The Morgan fingerprint density at radius 2 is 2.05 bits per heavy atom. The van der Waals surface area contributed by atoms with Crippen LogP contribution in [0.2, 0.25) is 0 Å². The fourth-order valence-corrected chi connectivity index (χ4v) is 2.69. The Labute approximate surface area is 118 Å². The monoisotopic (exact) mass is 278 g/mol. The van der Waals surface area contributed by atoms with Crippen LogP contribution in [-0.4, -0.2) is 19.3 Å². The Morgan fingerprint density at radius 1 is 1.19 bits per heavy atom. The molecule has 0 atom stereocenters. The van der Waals surface area contributed by atoms with E-state index >= 15 is 0 Å². The molecule has 0 unspecified atom stereocenters. The Morgan fingerprint density at radius 3 is 2.86 bits per heavy atom. The topological polar surface area (TPSA) is 73.3 Å². The minimum atomic E-state index is -0.392. The molecule has 0 radical (unpaired) electrons. The molecule has 102 valence electrons. The van der Waals surface area contributed by atoms with Gasteiger partial charge in [-0.25, -0.2) is 9.97 Å². The Balaban J connectivity index is 2.25. The number of nitrogens with zero attached hydrogens (tertiary/aromatic N) is 4. The number of hydrogen-bond acceptors (Lipinski definition) is 4. The van der Waals surface area contributed by atoms with E-state index in [-0.39, 0.29) is 5.69 Å². The van der Waals surface area contributed by atoms with E-state index in [1.165, 1.54) is 6.07 Å². The fraction of sp³-hybridized carbons (Fsp3) is 0.0667. The third kappa shape index (κ3) is 1.59. The van der Waals surface area contributed by atoms with Gasteiger partial charge in [-0.05, 0) is 36.6 Å². The lowest BCUT2D eigenvalue weighted by atomic mass is 10.1. The van der Waals surface area contributed by atoms with E-state index in [0.29, 0.717) is 5.65 Å². The molecule has 0 saturated carbocycles. The van der Waals surface area contributed by atoms with E-state index < -0.39 is 4.92 Å². The first kappa shape index (κ1) is 11.8. The third-order valence-corrected chi connectivity index (χ3v) is 3.62. The summed E-state index contributed by atoms with van der Waals surface area (Å²) in [4.78, 5) is 19.5. The first-order valence-corrected chi connectivity index (χ1v) is 6.46. The molecule has 0 bridgehead atoms. The maximum Gasteiger partial charge on any atom is 0.270 e. The Kier molecular flexibility index (Phi) is 2.24. The van der Waals surface area contributed by atoms with Gasteiger partial charge in [0.2, 0.25) is 0 Å². The van der Waals surface area contributed by atoms with E-state index in [1.807, 2.05) is 29.5 Å². The summed E-state index contributed by atoms with van der Waals surface area (Å²) in [6.45, 7) is 1.98. The van der Waals surface area contributed by atoms with Crippen LogP contribution in [0.15, 0.2) is 42.6 Å². The number of aryl methyl sites for hydroxylation is 1. The number of imidazole rings is 1. The minimum absolute atomic E-state index is 0.0632. The number of nitro groups is 1. The molecule has 0 fully saturated rings. The standard InChI is InChI=1S/C15H10N4O2/c1-9-7-10-4-5-11(19(20)21)8-12(10)14-17-13-3-2-6-16-15(13)18(9)14/h2-8H,1H3. The summed E-state index contributed by atoms with van der Waals surface area (Å²) in [5, 5.41) is 12.7. The molecule has 0 aliphatic heterocycles. The van der Waals surface area contributed by atoms with Crippen molar-refractivity contribution in [2.45, 2.75) is 6.92 Å². The molecular formula is C15H10N4O2. The first-order valence-electron chi connectivity index (χ1n) is 6.46. The number of nitro benzene ring substituents is 1.